The molecule has 1 aliphatic carbocycles. The number of rotatable bonds is 4. The topological polar surface area (TPSA) is 86.7 Å². The number of amides is 1. The van der Waals surface area contributed by atoms with Gasteiger partial charge in [0.05, 0.1) is 16.9 Å². The van der Waals surface area contributed by atoms with E-state index in [-0.39, 0.29) is 30.5 Å². The Labute approximate surface area is 155 Å². The summed E-state index contributed by atoms with van der Waals surface area (Å²) in [6.45, 7) is 2.56. The Morgan fingerprint density at radius 1 is 1.19 bits per heavy atom. The second-order valence-electron chi connectivity index (χ2n) is 7.53. The summed E-state index contributed by atoms with van der Waals surface area (Å²) >= 11 is 0. The first-order chi connectivity index (χ1) is 12.4. The molecule has 6 nitrogen and oxygen atoms in total. The van der Waals surface area contributed by atoms with Gasteiger partial charge in [0, 0.05) is 19.1 Å². The van der Waals surface area contributed by atoms with Crippen LogP contribution in [-0.4, -0.2) is 49.0 Å². The summed E-state index contributed by atoms with van der Waals surface area (Å²) in [5, 5.41) is 12.6. The molecular weight excluding hydrogens is 352 g/mol. The molecule has 2 fully saturated rings. The van der Waals surface area contributed by atoms with Crippen LogP contribution in [0.25, 0.3) is 0 Å². The Morgan fingerprint density at radius 3 is 2.62 bits per heavy atom. The zero-order valence-corrected chi connectivity index (χ0v) is 16.0. The van der Waals surface area contributed by atoms with Gasteiger partial charge < -0.3 is 10.4 Å². The molecule has 1 aliphatic heterocycles. The molecule has 1 amide bonds. The fourth-order valence-corrected chi connectivity index (χ4v) is 5.47. The lowest BCUT2D eigenvalue weighted by atomic mass is 9.92. The molecular formula is C19H28N2O4S. The van der Waals surface area contributed by atoms with Gasteiger partial charge in [-0.2, -0.15) is 4.31 Å². The maximum atomic E-state index is 12.9. The zero-order chi connectivity index (χ0) is 18.7. The van der Waals surface area contributed by atoms with Crippen molar-refractivity contribution in [1.82, 2.24) is 9.62 Å². The number of aryl methyl sites for hydroxylation is 1. The van der Waals surface area contributed by atoms with Gasteiger partial charge in [-0.15, -0.1) is 0 Å². The molecule has 0 aromatic heterocycles. The van der Waals surface area contributed by atoms with E-state index in [4.69, 9.17) is 0 Å². The lowest BCUT2D eigenvalue weighted by Gasteiger charge is -2.33. The number of aliphatic hydroxyl groups is 1. The second kappa shape index (κ2) is 8.06. The number of carbonyl (C=O) groups is 1. The number of aliphatic hydroxyl groups excluding tert-OH is 1. The Kier molecular flexibility index (Phi) is 5.99. The van der Waals surface area contributed by atoms with Crippen LogP contribution in [0.2, 0.25) is 0 Å². The lowest BCUT2D eigenvalue weighted by molar-refractivity contribution is -0.127. The van der Waals surface area contributed by atoms with E-state index < -0.39 is 10.0 Å². The van der Waals surface area contributed by atoms with E-state index in [9.17, 15) is 18.3 Å². The van der Waals surface area contributed by atoms with Crippen molar-refractivity contribution in [2.24, 2.45) is 5.92 Å². The van der Waals surface area contributed by atoms with Crippen LogP contribution < -0.4 is 5.32 Å². The average molecular weight is 381 g/mol. The van der Waals surface area contributed by atoms with Gasteiger partial charge in [-0.05, 0) is 63.1 Å². The van der Waals surface area contributed by atoms with Gasteiger partial charge in [0.1, 0.15) is 0 Å². The summed E-state index contributed by atoms with van der Waals surface area (Å²) < 4.78 is 27.2. The molecule has 144 valence electrons. The number of carbonyl (C=O) groups excluding carboxylic acids is 1. The third-order valence-corrected chi connectivity index (χ3v) is 7.29. The number of nitrogens with zero attached hydrogens (tertiary/aromatic N) is 1. The fourth-order valence-electron chi connectivity index (χ4n) is 3.84. The number of sulfonamides is 1. The van der Waals surface area contributed by atoms with Crippen molar-refractivity contribution in [1.29, 1.82) is 0 Å². The third kappa shape index (κ3) is 4.45. The van der Waals surface area contributed by atoms with Crippen LogP contribution in [0.1, 0.15) is 44.1 Å². The Bertz CT molecular complexity index is 742. The zero-order valence-electron chi connectivity index (χ0n) is 15.2. The van der Waals surface area contributed by atoms with Crippen molar-refractivity contribution in [3.05, 3.63) is 29.8 Å². The molecule has 1 atom stereocenters. The van der Waals surface area contributed by atoms with E-state index in [1.807, 2.05) is 13.0 Å². The van der Waals surface area contributed by atoms with E-state index in [2.05, 4.69) is 5.32 Å². The van der Waals surface area contributed by atoms with E-state index in [0.29, 0.717) is 37.1 Å². The minimum absolute atomic E-state index is 0.0597. The highest BCUT2D eigenvalue weighted by molar-refractivity contribution is 7.89. The molecule has 1 aromatic carbocycles. The van der Waals surface area contributed by atoms with E-state index >= 15 is 0 Å². The molecule has 0 bridgehead atoms. The molecule has 1 saturated carbocycles. The summed E-state index contributed by atoms with van der Waals surface area (Å²) in [4.78, 5) is 12.9. The largest absolute Gasteiger partial charge is 0.393 e. The Balaban J connectivity index is 1.64. The van der Waals surface area contributed by atoms with Crippen LogP contribution in [-0.2, 0) is 14.8 Å². The molecule has 7 heteroatoms. The highest BCUT2D eigenvalue weighted by Gasteiger charge is 2.34. The number of hydrogen-bond donors (Lipinski definition) is 2. The predicted molar refractivity (Wildman–Crippen MR) is 99.1 cm³/mol. The molecule has 1 unspecified atom stereocenters. The molecule has 26 heavy (non-hydrogen) atoms. The molecule has 3 rings (SSSR count). The normalized spacial score (nSPS) is 27.8. The Morgan fingerprint density at radius 2 is 1.92 bits per heavy atom. The van der Waals surface area contributed by atoms with Crippen molar-refractivity contribution in [2.75, 3.05) is 13.1 Å². The maximum Gasteiger partial charge on any atom is 0.243 e. The van der Waals surface area contributed by atoms with Crippen molar-refractivity contribution < 1.29 is 18.3 Å². The lowest BCUT2D eigenvalue weighted by Crippen LogP contribution is -2.48. The first-order valence-corrected chi connectivity index (χ1v) is 10.9. The van der Waals surface area contributed by atoms with Gasteiger partial charge in [0.2, 0.25) is 15.9 Å². The first-order valence-electron chi connectivity index (χ1n) is 9.41. The molecule has 0 radical (unpaired) electrons. The summed E-state index contributed by atoms with van der Waals surface area (Å²) in [5.41, 5.74) is 0.900. The minimum atomic E-state index is -3.57. The quantitative estimate of drug-likeness (QED) is 0.834. The Hall–Kier alpha value is -1.44. The van der Waals surface area contributed by atoms with E-state index in [0.717, 1.165) is 18.4 Å². The summed E-state index contributed by atoms with van der Waals surface area (Å²) in [6.07, 6.45) is 4.13. The average Bonchev–Trinajstić information content (AvgIpc) is 2.63. The SMILES string of the molecule is Cc1cccc(S(=O)(=O)N2CCCC(C(=O)NC3CCC(O)CC3)C2)c1. The third-order valence-electron chi connectivity index (χ3n) is 5.43. The highest BCUT2D eigenvalue weighted by Crippen LogP contribution is 2.25. The summed E-state index contributed by atoms with van der Waals surface area (Å²) in [6, 6.07) is 6.99. The van der Waals surface area contributed by atoms with Crippen molar-refractivity contribution in [3.8, 4) is 0 Å². The summed E-state index contributed by atoms with van der Waals surface area (Å²) in [5.74, 6) is -0.370. The van der Waals surface area contributed by atoms with Gasteiger partial charge in [-0.1, -0.05) is 12.1 Å². The van der Waals surface area contributed by atoms with Crippen LogP contribution in [0.3, 0.4) is 0 Å². The van der Waals surface area contributed by atoms with Gasteiger partial charge in [0.25, 0.3) is 0 Å². The maximum absolute atomic E-state index is 12.9. The number of hydrogen-bond acceptors (Lipinski definition) is 4. The summed E-state index contributed by atoms with van der Waals surface area (Å²) in [7, 11) is -3.57. The monoisotopic (exact) mass is 380 g/mol. The van der Waals surface area contributed by atoms with Gasteiger partial charge in [0.15, 0.2) is 0 Å². The molecule has 2 N–H and O–H groups in total. The molecule has 1 aromatic rings. The number of nitrogens with one attached hydrogen (secondary N) is 1. The smallest absolute Gasteiger partial charge is 0.243 e. The van der Waals surface area contributed by atoms with E-state index in [1.165, 1.54) is 4.31 Å². The standard InChI is InChI=1S/C19H28N2O4S/c1-14-4-2-6-18(12-14)26(24,25)21-11-3-5-15(13-21)19(23)20-16-7-9-17(22)10-8-16/h2,4,6,12,15-17,22H,3,5,7-11,13H2,1H3,(H,20,23). The molecule has 2 aliphatic rings. The van der Waals surface area contributed by atoms with E-state index in [1.54, 1.807) is 18.2 Å². The highest BCUT2D eigenvalue weighted by atomic mass is 32.2. The first kappa shape index (κ1) is 19.3. The minimum Gasteiger partial charge on any atom is -0.393 e. The van der Waals surface area contributed by atoms with Crippen molar-refractivity contribution in [2.45, 2.75) is 62.5 Å². The van der Waals surface area contributed by atoms with Crippen LogP contribution in [0.4, 0.5) is 0 Å². The molecule has 1 saturated heterocycles. The van der Waals surface area contributed by atoms with Crippen LogP contribution in [0.5, 0.6) is 0 Å². The molecule has 1 heterocycles. The van der Waals surface area contributed by atoms with Crippen molar-refractivity contribution >= 4 is 15.9 Å². The van der Waals surface area contributed by atoms with Crippen LogP contribution in [0.15, 0.2) is 29.2 Å². The van der Waals surface area contributed by atoms with Gasteiger partial charge in [-0.25, -0.2) is 8.42 Å². The van der Waals surface area contributed by atoms with Gasteiger partial charge >= 0.3 is 0 Å². The number of piperidine rings is 1. The molecule has 0 spiro atoms. The number of benzene rings is 1. The second-order valence-corrected chi connectivity index (χ2v) is 9.47. The van der Waals surface area contributed by atoms with Crippen molar-refractivity contribution in [3.63, 3.8) is 0 Å². The van der Waals surface area contributed by atoms with Crippen LogP contribution >= 0.6 is 0 Å². The fraction of sp³-hybridized carbons (Fsp3) is 0.632. The van der Waals surface area contributed by atoms with Crippen LogP contribution in [0, 0.1) is 12.8 Å². The van der Waals surface area contributed by atoms with Gasteiger partial charge in [-0.3, -0.25) is 4.79 Å². The predicted octanol–water partition coefficient (Wildman–Crippen LogP) is 1.82.